The molecule has 0 aliphatic rings. The third-order valence-electron chi connectivity index (χ3n) is 2.74. The number of hydrogen-bond acceptors (Lipinski definition) is 4. The number of imidazole rings is 1. The molecule has 6 heteroatoms. The van der Waals surface area contributed by atoms with Crippen molar-refractivity contribution in [2.45, 2.75) is 13.3 Å². The Morgan fingerprint density at radius 1 is 1.24 bits per heavy atom. The summed E-state index contributed by atoms with van der Waals surface area (Å²) >= 11 is 0. The molecule has 0 saturated carbocycles. The van der Waals surface area contributed by atoms with Crippen molar-refractivity contribution < 1.29 is 14.3 Å². The van der Waals surface area contributed by atoms with Gasteiger partial charge in [0.25, 0.3) is 5.91 Å². The van der Waals surface area contributed by atoms with E-state index in [0.29, 0.717) is 25.3 Å². The number of nitrogens with one attached hydrogen (secondary N) is 2. The number of amides is 1. The molecule has 0 aliphatic heterocycles. The van der Waals surface area contributed by atoms with E-state index in [4.69, 9.17) is 9.47 Å². The predicted molar refractivity (Wildman–Crippen MR) is 78.4 cm³/mol. The summed E-state index contributed by atoms with van der Waals surface area (Å²) in [6.45, 7) is 3.07. The maximum absolute atomic E-state index is 11.6. The van der Waals surface area contributed by atoms with Gasteiger partial charge in [-0.05, 0) is 31.2 Å². The minimum Gasteiger partial charge on any atom is -0.494 e. The Labute approximate surface area is 123 Å². The lowest BCUT2D eigenvalue weighted by Gasteiger charge is -2.08. The summed E-state index contributed by atoms with van der Waals surface area (Å²) in [6.07, 6.45) is 4.11. The highest BCUT2D eigenvalue weighted by molar-refractivity contribution is 5.77. The van der Waals surface area contributed by atoms with Crippen LogP contribution in [0.5, 0.6) is 11.5 Å². The van der Waals surface area contributed by atoms with E-state index in [1.807, 2.05) is 19.1 Å². The number of aromatic amines is 1. The van der Waals surface area contributed by atoms with Crippen LogP contribution in [-0.2, 0) is 11.2 Å². The number of nitrogens with zero attached hydrogens (tertiary/aromatic N) is 1. The molecule has 1 aromatic heterocycles. The quantitative estimate of drug-likeness (QED) is 0.773. The topological polar surface area (TPSA) is 76.2 Å². The average Bonchev–Trinajstić information content (AvgIpc) is 3.00. The monoisotopic (exact) mass is 289 g/mol. The van der Waals surface area contributed by atoms with E-state index >= 15 is 0 Å². The van der Waals surface area contributed by atoms with Crippen LogP contribution >= 0.6 is 0 Å². The summed E-state index contributed by atoms with van der Waals surface area (Å²) < 4.78 is 10.7. The highest BCUT2D eigenvalue weighted by atomic mass is 16.5. The zero-order valence-electron chi connectivity index (χ0n) is 12.0. The molecule has 0 spiro atoms. The van der Waals surface area contributed by atoms with Crippen LogP contribution in [0.1, 0.15) is 12.7 Å². The SMILES string of the molecule is CCOc1ccc(OCC(=O)NCCc2ncc[nH]2)cc1. The molecule has 1 aromatic carbocycles. The molecule has 0 bridgehead atoms. The molecule has 2 aromatic rings. The maximum atomic E-state index is 11.6. The van der Waals surface area contributed by atoms with Crippen LogP contribution in [0.15, 0.2) is 36.7 Å². The molecule has 0 atom stereocenters. The molecule has 6 nitrogen and oxygen atoms in total. The number of carbonyl (C=O) groups excluding carboxylic acids is 1. The van der Waals surface area contributed by atoms with Crippen LogP contribution < -0.4 is 14.8 Å². The zero-order chi connectivity index (χ0) is 14.9. The van der Waals surface area contributed by atoms with Gasteiger partial charge in [0.15, 0.2) is 6.61 Å². The van der Waals surface area contributed by atoms with Gasteiger partial charge in [-0.3, -0.25) is 4.79 Å². The lowest BCUT2D eigenvalue weighted by atomic mass is 10.3. The first-order chi connectivity index (χ1) is 10.3. The number of rotatable bonds is 8. The molecule has 21 heavy (non-hydrogen) atoms. The second kappa shape index (κ2) is 7.94. The van der Waals surface area contributed by atoms with Gasteiger partial charge in [-0.15, -0.1) is 0 Å². The molecule has 2 N–H and O–H groups in total. The summed E-state index contributed by atoms with van der Waals surface area (Å²) in [5, 5.41) is 2.77. The van der Waals surface area contributed by atoms with Gasteiger partial charge in [0.1, 0.15) is 17.3 Å². The molecular formula is C15H19N3O3. The molecular weight excluding hydrogens is 270 g/mol. The summed E-state index contributed by atoms with van der Waals surface area (Å²) in [7, 11) is 0. The summed E-state index contributed by atoms with van der Waals surface area (Å²) in [4.78, 5) is 18.7. The first-order valence-electron chi connectivity index (χ1n) is 6.88. The van der Waals surface area contributed by atoms with Crippen molar-refractivity contribution in [3.63, 3.8) is 0 Å². The van der Waals surface area contributed by atoms with Gasteiger partial charge in [-0.2, -0.15) is 0 Å². The van der Waals surface area contributed by atoms with Crippen molar-refractivity contribution in [3.8, 4) is 11.5 Å². The second-order valence-electron chi connectivity index (χ2n) is 4.33. The first kappa shape index (κ1) is 14.9. The molecule has 1 heterocycles. The number of hydrogen-bond donors (Lipinski definition) is 2. The van der Waals surface area contributed by atoms with Gasteiger partial charge in [0.05, 0.1) is 6.61 Å². The lowest BCUT2D eigenvalue weighted by Crippen LogP contribution is -2.30. The normalized spacial score (nSPS) is 10.1. The van der Waals surface area contributed by atoms with Gasteiger partial charge in [-0.1, -0.05) is 0 Å². The van der Waals surface area contributed by atoms with Gasteiger partial charge in [-0.25, -0.2) is 4.98 Å². The van der Waals surface area contributed by atoms with E-state index in [-0.39, 0.29) is 12.5 Å². The fourth-order valence-corrected chi connectivity index (χ4v) is 1.75. The van der Waals surface area contributed by atoms with Gasteiger partial charge < -0.3 is 19.8 Å². The predicted octanol–water partition coefficient (Wildman–Crippen LogP) is 1.55. The minimum absolute atomic E-state index is 0.00780. The number of H-pyrrole nitrogens is 1. The van der Waals surface area contributed by atoms with E-state index in [9.17, 15) is 4.79 Å². The Hall–Kier alpha value is -2.50. The summed E-state index contributed by atoms with van der Waals surface area (Å²) in [5.74, 6) is 2.12. The van der Waals surface area contributed by atoms with E-state index in [2.05, 4.69) is 15.3 Å². The van der Waals surface area contributed by atoms with Crippen LogP contribution in [0.3, 0.4) is 0 Å². The Kier molecular flexibility index (Phi) is 5.63. The van der Waals surface area contributed by atoms with Crippen LogP contribution in [0.25, 0.3) is 0 Å². The van der Waals surface area contributed by atoms with Crippen LogP contribution in [0.4, 0.5) is 0 Å². The molecule has 0 aliphatic carbocycles. The van der Waals surface area contributed by atoms with Crippen molar-refractivity contribution in [1.29, 1.82) is 0 Å². The first-order valence-corrected chi connectivity index (χ1v) is 6.88. The van der Waals surface area contributed by atoms with Crippen LogP contribution in [0, 0.1) is 0 Å². The smallest absolute Gasteiger partial charge is 0.257 e. The highest BCUT2D eigenvalue weighted by Gasteiger charge is 2.03. The molecule has 1 amide bonds. The molecule has 0 unspecified atom stereocenters. The number of ether oxygens (including phenoxy) is 2. The van der Waals surface area contributed by atoms with Crippen molar-refractivity contribution in [3.05, 3.63) is 42.5 Å². The van der Waals surface area contributed by atoms with Gasteiger partial charge in [0, 0.05) is 25.4 Å². The fourth-order valence-electron chi connectivity index (χ4n) is 1.75. The Balaban J connectivity index is 1.66. The third kappa shape index (κ3) is 5.18. The largest absolute Gasteiger partial charge is 0.494 e. The van der Waals surface area contributed by atoms with Gasteiger partial charge >= 0.3 is 0 Å². The van der Waals surface area contributed by atoms with Crippen LogP contribution in [0.2, 0.25) is 0 Å². The minimum atomic E-state index is -0.157. The Morgan fingerprint density at radius 2 is 1.95 bits per heavy atom. The summed E-state index contributed by atoms with van der Waals surface area (Å²) in [6, 6.07) is 7.18. The van der Waals surface area contributed by atoms with Crippen molar-refractivity contribution in [2.75, 3.05) is 19.8 Å². The number of aromatic nitrogens is 2. The van der Waals surface area contributed by atoms with Gasteiger partial charge in [0.2, 0.25) is 0 Å². The van der Waals surface area contributed by atoms with Crippen molar-refractivity contribution in [2.24, 2.45) is 0 Å². The van der Waals surface area contributed by atoms with Crippen molar-refractivity contribution in [1.82, 2.24) is 15.3 Å². The van der Waals surface area contributed by atoms with Crippen molar-refractivity contribution >= 4 is 5.91 Å². The van der Waals surface area contributed by atoms with E-state index in [1.165, 1.54) is 0 Å². The number of benzene rings is 1. The standard InChI is InChI=1S/C15H19N3O3/c1-2-20-12-3-5-13(6-4-12)21-11-15(19)18-8-7-14-16-9-10-17-14/h3-6,9-10H,2,7-8,11H2,1H3,(H,16,17)(H,18,19). The van der Waals surface area contributed by atoms with E-state index < -0.39 is 0 Å². The van der Waals surface area contributed by atoms with E-state index in [0.717, 1.165) is 11.6 Å². The molecule has 0 radical (unpaired) electrons. The Morgan fingerprint density at radius 3 is 2.57 bits per heavy atom. The molecule has 112 valence electrons. The van der Waals surface area contributed by atoms with E-state index in [1.54, 1.807) is 24.5 Å². The molecule has 2 rings (SSSR count). The Bertz CT molecular complexity index is 538. The van der Waals surface area contributed by atoms with Crippen LogP contribution in [-0.4, -0.2) is 35.6 Å². The third-order valence-corrected chi connectivity index (χ3v) is 2.74. The second-order valence-corrected chi connectivity index (χ2v) is 4.33. The average molecular weight is 289 g/mol. The maximum Gasteiger partial charge on any atom is 0.257 e. The highest BCUT2D eigenvalue weighted by Crippen LogP contribution is 2.17. The summed E-state index contributed by atoms with van der Waals surface area (Å²) in [5.41, 5.74) is 0. The zero-order valence-corrected chi connectivity index (χ0v) is 12.0. The fraction of sp³-hybridized carbons (Fsp3) is 0.333. The molecule has 0 fully saturated rings. The number of carbonyl (C=O) groups is 1. The molecule has 0 saturated heterocycles. The lowest BCUT2D eigenvalue weighted by molar-refractivity contribution is -0.123.